The molecule has 0 aromatic heterocycles. The van der Waals surface area contributed by atoms with Crippen LogP contribution in [-0.2, 0) is 9.59 Å². The van der Waals surface area contributed by atoms with Crippen LogP contribution < -0.4 is 5.43 Å². The number of carbonyl (C=O) groups excluding carboxylic acids is 2. The summed E-state index contributed by atoms with van der Waals surface area (Å²) in [6, 6.07) is 5.90. The summed E-state index contributed by atoms with van der Waals surface area (Å²) >= 11 is 1.33. The van der Waals surface area contributed by atoms with Crippen molar-refractivity contribution in [2.24, 2.45) is 15.1 Å². The maximum Gasteiger partial charge on any atom is 0.286 e. The van der Waals surface area contributed by atoms with Gasteiger partial charge < -0.3 is 5.11 Å². The molecule has 1 aromatic rings. The van der Waals surface area contributed by atoms with Gasteiger partial charge in [0, 0.05) is 23.1 Å². The molecule has 0 fully saturated rings. The Morgan fingerprint density at radius 3 is 3.04 bits per heavy atom. The molecule has 1 atom stereocenters. The molecule has 2 aliphatic rings. The van der Waals surface area contributed by atoms with Gasteiger partial charge in [0.2, 0.25) is 0 Å². The number of thioether (sulfide) groups is 1. The van der Waals surface area contributed by atoms with E-state index in [4.69, 9.17) is 0 Å². The van der Waals surface area contributed by atoms with E-state index in [0.717, 1.165) is 0 Å². The van der Waals surface area contributed by atoms with Gasteiger partial charge in [-0.05, 0) is 19.1 Å². The molecule has 0 bridgehead atoms. The van der Waals surface area contributed by atoms with Crippen molar-refractivity contribution < 1.29 is 14.7 Å². The zero-order chi connectivity index (χ0) is 17.1. The summed E-state index contributed by atoms with van der Waals surface area (Å²) in [4.78, 5) is 32.6. The molecule has 122 valence electrons. The fourth-order valence-corrected chi connectivity index (χ4v) is 3.21. The zero-order valence-corrected chi connectivity index (χ0v) is 13.6. The van der Waals surface area contributed by atoms with Crippen LogP contribution in [0, 0.1) is 0 Å². The standard InChI is InChI=1S/C16H14N4O3S/c1-9-6-13(22)14-16(18-9)24-8-11(19-14)15(23)20-17-7-10-4-2-3-5-12(10)21/h2-7,14,21H,8H2,1H3,(H,20,23)/b17-7-/t14-/m1/s1. The first-order valence-corrected chi connectivity index (χ1v) is 8.15. The second-order valence-electron chi connectivity index (χ2n) is 5.16. The van der Waals surface area contributed by atoms with E-state index in [2.05, 4.69) is 20.5 Å². The molecule has 0 saturated heterocycles. The number of phenols is 1. The molecule has 24 heavy (non-hydrogen) atoms. The SMILES string of the molecule is CC1=CC(=O)[C@H]2N=C(C(=O)N/N=C\c3ccccc3O)CSC2=N1. The van der Waals surface area contributed by atoms with Crippen molar-refractivity contribution in [1.82, 2.24) is 5.43 Å². The summed E-state index contributed by atoms with van der Waals surface area (Å²) in [6.07, 6.45) is 2.77. The minimum absolute atomic E-state index is 0.0666. The number of benzene rings is 1. The fraction of sp³-hybridized carbons (Fsp3) is 0.188. The molecule has 2 N–H and O–H groups in total. The molecule has 0 aliphatic carbocycles. The van der Waals surface area contributed by atoms with Gasteiger partial charge >= 0.3 is 0 Å². The second kappa shape index (κ2) is 6.79. The fourth-order valence-electron chi connectivity index (χ4n) is 2.19. The average molecular weight is 342 g/mol. The Labute approximate surface area is 142 Å². The Bertz CT molecular complexity index is 826. The van der Waals surface area contributed by atoms with E-state index in [1.54, 1.807) is 25.1 Å². The molecule has 1 aromatic carbocycles. The van der Waals surface area contributed by atoms with E-state index in [-0.39, 0.29) is 17.2 Å². The molecule has 0 unspecified atom stereocenters. The Hall–Kier alpha value is -2.74. The lowest BCUT2D eigenvalue weighted by molar-refractivity contribution is -0.114. The van der Waals surface area contributed by atoms with Crippen LogP contribution in [-0.4, -0.2) is 45.6 Å². The number of ketones is 1. The van der Waals surface area contributed by atoms with E-state index in [0.29, 0.717) is 22.1 Å². The first kappa shape index (κ1) is 16.1. The Balaban J connectivity index is 1.68. The molecule has 0 spiro atoms. The molecule has 0 saturated carbocycles. The van der Waals surface area contributed by atoms with Crippen LogP contribution in [0.25, 0.3) is 0 Å². The summed E-state index contributed by atoms with van der Waals surface area (Å²) in [5, 5.41) is 14.0. The number of nitrogens with zero attached hydrogens (tertiary/aromatic N) is 3. The van der Waals surface area contributed by atoms with Crippen molar-refractivity contribution in [3.05, 3.63) is 41.6 Å². The van der Waals surface area contributed by atoms with Crippen molar-refractivity contribution in [1.29, 1.82) is 0 Å². The molecule has 1 amide bonds. The minimum atomic E-state index is -0.727. The van der Waals surface area contributed by atoms with Crippen molar-refractivity contribution in [3.8, 4) is 5.75 Å². The number of fused-ring (bicyclic) bond motifs is 1. The number of hydrogen-bond donors (Lipinski definition) is 2. The Kier molecular flexibility index (Phi) is 4.57. The highest BCUT2D eigenvalue weighted by Crippen LogP contribution is 2.23. The number of nitrogens with one attached hydrogen (secondary N) is 1. The number of aliphatic imine (C=N–C) groups is 2. The van der Waals surface area contributed by atoms with Crippen LogP contribution in [0.5, 0.6) is 5.75 Å². The molecule has 2 aliphatic heterocycles. The topological polar surface area (TPSA) is 103 Å². The number of phenolic OH excluding ortho intramolecular Hbond substituents is 1. The third-order valence-corrected chi connectivity index (χ3v) is 4.38. The number of rotatable bonds is 3. The molecule has 2 heterocycles. The highest BCUT2D eigenvalue weighted by Gasteiger charge is 2.32. The van der Waals surface area contributed by atoms with Crippen molar-refractivity contribution >= 4 is 40.4 Å². The Morgan fingerprint density at radius 2 is 2.25 bits per heavy atom. The average Bonchev–Trinajstić information content (AvgIpc) is 2.56. The van der Waals surface area contributed by atoms with Crippen molar-refractivity contribution in [3.63, 3.8) is 0 Å². The number of allylic oxidation sites excluding steroid dienone is 1. The molecule has 0 radical (unpaired) electrons. The van der Waals surface area contributed by atoms with Gasteiger partial charge in [0.15, 0.2) is 11.8 Å². The van der Waals surface area contributed by atoms with Crippen LogP contribution >= 0.6 is 11.8 Å². The van der Waals surface area contributed by atoms with Gasteiger partial charge in [-0.3, -0.25) is 14.6 Å². The van der Waals surface area contributed by atoms with Crippen molar-refractivity contribution in [2.45, 2.75) is 13.0 Å². The van der Waals surface area contributed by atoms with E-state index < -0.39 is 11.9 Å². The quantitative estimate of drug-likeness (QED) is 0.638. The van der Waals surface area contributed by atoms with Crippen LogP contribution in [0.2, 0.25) is 0 Å². The van der Waals surface area contributed by atoms with E-state index >= 15 is 0 Å². The third kappa shape index (κ3) is 3.43. The van der Waals surface area contributed by atoms with Crippen LogP contribution in [0.4, 0.5) is 0 Å². The van der Waals surface area contributed by atoms with Gasteiger partial charge in [0.1, 0.15) is 16.5 Å². The molecule has 3 rings (SSSR count). The van der Waals surface area contributed by atoms with E-state index in [1.165, 1.54) is 30.1 Å². The number of aromatic hydroxyl groups is 1. The van der Waals surface area contributed by atoms with Crippen LogP contribution in [0.3, 0.4) is 0 Å². The summed E-state index contributed by atoms with van der Waals surface area (Å²) in [7, 11) is 0. The highest BCUT2D eigenvalue weighted by atomic mass is 32.2. The summed E-state index contributed by atoms with van der Waals surface area (Å²) < 4.78 is 0. The third-order valence-electron chi connectivity index (χ3n) is 3.35. The maximum absolute atomic E-state index is 12.1. The van der Waals surface area contributed by atoms with Gasteiger partial charge in [0.05, 0.1) is 6.21 Å². The van der Waals surface area contributed by atoms with Gasteiger partial charge in [0.25, 0.3) is 5.91 Å². The first-order chi connectivity index (χ1) is 11.5. The van der Waals surface area contributed by atoms with Gasteiger partial charge in [-0.15, -0.1) is 11.8 Å². The number of carbonyl (C=O) groups is 2. The van der Waals surface area contributed by atoms with E-state index in [1.807, 2.05) is 0 Å². The maximum atomic E-state index is 12.1. The monoisotopic (exact) mass is 342 g/mol. The molecule has 8 heteroatoms. The van der Waals surface area contributed by atoms with E-state index in [9.17, 15) is 14.7 Å². The zero-order valence-electron chi connectivity index (χ0n) is 12.8. The van der Waals surface area contributed by atoms with Crippen LogP contribution in [0.15, 0.2) is 51.1 Å². The largest absolute Gasteiger partial charge is 0.507 e. The lowest BCUT2D eigenvalue weighted by Gasteiger charge is -2.22. The van der Waals surface area contributed by atoms with Gasteiger partial charge in [-0.1, -0.05) is 12.1 Å². The lowest BCUT2D eigenvalue weighted by atomic mass is 10.1. The Morgan fingerprint density at radius 1 is 1.46 bits per heavy atom. The predicted octanol–water partition coefficient (Wildman–Crippen LogP) is 1.28. The predicted molar refractivity (Wildman–Crippen MR) is 93.7 cm³/mol. The normalized spacial score (nSPS) is 20.1. The summed E-state index contributed by atoms with van der Waals surface area (Å²) in [5.74, 6) is -0.259. The highest BCUT2D eigenvalue weighted by molar-refractivity contribution is 8.14. The molecular weight excluding hydrogens is 328 g/mol. The number of hydrazone groups is 1. The number of hydrogen-bond acceptors (Lipinski definition) is 7. The molecule has 7 nitrogen and oxygen atoms in total. The first-order valence-electron chi connectivity index (χ1n) is 7.16. The number of para-hydroxylation sites is 1. The smallest absolute Gasteiger partial charge is 0.286 e. The lowest BCUT2D eigenvalue weighted by Crippen LogP contribution is -2.39. The van der Waals surface area contributed by atoms with Crippen LogP contribution in [0.1, 0.15) is 12.5 Å². The van der Waals surface area contributed by atoms with Crippen molar-refractivity contribution in [2.75, 3.05) is 5.75 Å². The second-order valence-corrected chi connectivity index (χ2v) is 6.16. The van der Waals surface area contributed by atoms with Gasteiger partial charge in [-0.25, -0.2) is 10.4 Å². The summed E-state index contributed by atoms with van der Waals surface area (Å²) in [6.45, 7) is 1.75. The molecular formula is C16H14N4O3S. The minimum Gasteiger partial charge on any atom is -0.507 e. The number of amides is 1. The van der Waals surface area contributed by atoms with Gasteiger partial charge in [-0.2, -0.15) is 5.10 Å². The summed E-state index contributed by atoms with van der Waals surface area (Å²) in [5.41, 5.74) is 3.72.